The molecule has 1 aromatic carbocycles. The lowest BCUT2D eigenvalue weighted by Gasteiger charge is -2.39. The van der Waals surface area contributed by atoms with Gasteiger partial charge in [-0.15, -0.1) is 0 Å². The van der Waals surface area contributed by atoms with E-state index in [1.54, 1.807) is 0 Å². The van der Waals surface area contributed by atoms with Gasteiger partial charge in [0.2, 0.25) is 0 Å². The predicted molar refractivity (Wildman–Crippen MR) is 86.1 cm³/mol. The van der Waals surface area contributed by atoms with Crippen molar-refractivity contribution < 1.29 is 0 Å². The van der Waals surface area contributed by atoms with E-state index in [0.29, 0.717) is 12.1 Å². The summed E-state index contributed by atoms with van der Waals surface area (Å²) in [5, 5.41) is 3.70. The van der Waals surface area contributed by atoms with Crippen LogP contribution in [-0.2, 0) is 0 Å². The normalized spacial score (nSPS) is 22.4. The summed E-state index contributed by atoms with van der Waals surface area (Å²) in [5.74, 6) is 2.49. The number of aryl methyl sites for hydroxylation is 2. The van der Waals surface area contributed by atoms with Crippen LogP contribution in [0.15, 0.2) is 18.2 Å². The number of thioether (sulfide) groups is 1. The summed E-state index contributed by atoms with van der Waals surface area (Å²) in [4.78, 5) is 2.52. The van der Waals surface area contributed by atoms with Crippen molar-refractivity contribution >= 4 is 11.8 Å². The average Bonchev–Trinajstić information content (AvgIpc) is 2.38. The van der Waals surface area contributed by atoms with Crippen LogP contribution in [0.1, 0.15) is 29.7 Å². The zero-order valence-electron chi connectivity index (χ0n) is 12.6. The third-order valence-corrected chi connectivity index (χ3v) is 5.06. The van der Waals surface area contributed by atoms with Gasteiger partial charge in [-0.2, -0.15) is 11.8 Å². The van der Waals surface area contributed by atoms with E-state index in [1.165, 1.54) is 34.7 Å². The quantitative estimate of drug-likeness (QED) is 0.911. The van der Waals surface area contributed by atoms with E-state index in [0.717, 1.165) is 6.54 Å². The van der Waals surface area contributed by atoms with Crippen LogP contribution in [0.25, 0.3) is 0 Å². The first-order valence-electron chi connectivity index (χ1n) is 7.22. The largest absolute Gasteiger partial charge is 0.309 e. The van der Waals surface area contributed by atoms with Crippen LogP contribution in [0.3, 0.4) is 0 Å². The fourth-order valence-electron chi connectivity index (χ4n) is 2.90. The van der Waals surface area contributed by atoms with Gasteiger partial charge in [0.05, 0.1) is 0 Å². The van der Waals surface area contributed by atoms with Gasteiger partial charge in [-0.3, -0.25) is 4.90 Å². The number of nitrogens with zero attached hydrogens (tertiary/aromatic N) is 1. The highest BCUT2D eigenvalue weighted by atomic mass is 32.2. The third-order valence-electron chi connectivity index (χ3n) is 4.01. The fraction of sp³-hybridized carbons (Fsp3) is 0.625. The van der Waals surface area contributed by atoms with Crippen molar-refractivity contribution in [2.75, 3.05) is 31.6 Å². The Balaban J connectivity index is 2.27. The van der Waals surface area contributed by atoms with E-state index in [9.17, 15) is 0 Å². The van der Waals surface area contributed by atoms with Gasteiger partial charge < -0.3 is 5.32 Å². The van der Waals surface area contributed by atoms with Gasteiger partial charge in [0.15, 0.2) is 0 Å². The molecular formula is C16H26N2S. The van der Waals surface area contributed by atoms with E-state index in [-0.39, 0.29) is 0 Å². The van der Waals surface area contributed by atoms with Gasteiger partial charge in [0, 0.05) is 30.1 Å². The van der Waals surface area contributed by atoms with Crippen molar-refractivity contribution in [2.45, 2.75) is 32.9 Å². The lowest BCUT2D eigenvalue weighted by Crippen LogP contribution is -2.48. The first-order valence-corrected chi connectivity index (χ1v) is 8.37. The van der Waals surface area contributed by atoms with Gasteiger partial charge in [0.25, 0.3) is 0 Å². The highest BCUT2D eigenvalue weighted by Gasteiger charge is 2.29. The van der Waals surface area contributed by atoms with Crippen molar-refractivity contribution in [2.24, 2.45) is 0 Å². The number of rotatable bonds is 4. The Kier molecular flexibility index (Phi) is 5.31. The van der Waals surface area contributed by atoms with Crippen LogP contribution in [0.4, 0.5) is 0 Å². The minimum absolute atomic E-state index is 0.448. The summed E-state index contributed by atoms with van der Waals surface area (Å²) in [6, 6.07) is 7.90. The summed E-state index contributed by atoms with van der Waals surface area (Å²) >= 11 is 2.08. The molecule has 1 saturated heterocycles. The maximum atomic E-state index is 3.70. The van der Waals surface area contributed by atoms with Crippen molar-refractivity contribution in [1.29, 1.82) is 0 Å². The van der Waals surface area contributed by atoms with Crippen molar-refractivity contribution in [3.63, 3.8) is 0 Å². The predicted octanol–water partition coefficient (Wildman–Crippen LogP) is 3.00. The molecule has 0 bridgehead atoms. The Morgan fingerprint density at radius 2 is 2.21 bits per heavy atom. The Hall–Kier alpha value is -0.510. The highest BCUT2D eigenvalue weighted by Crippen LogP contribution is 2.29. The van der Waals surface area contributed by atoms with Crippen molar-refractivity contribution in [3.05, 3.63) is 34.9 Å². The smallest absolute Gasteiger partial charge is 0.0488 e. The molecule has 1 aliphatic rings. The van der Waals surface area contributed by atoms with E-state index in [1.807, 2.05) is 0 Å². The number of hydrogen-bond acceptors (Lipinski definition) is 3. The van der Waals surface area contributed by atoms with Gasteiger partial charge in [0.1, 0.15) is 0 Å². The van der Waals surface area contributed by atoms with Crippen LogP contribution in [0.2, 0.25) is 0 Å². The molecule has 0 saturated carbocycles. The Morgan fingerprint density at radius 3 is 2.84 bits per heavy atom. The zero-order chi connectivity index (χ0) is 13.8. The Bertz CT molecular complexity index is 419. The van der Waals surface area contributed by atoms with Crippen LogP contribution < -0.4 is 5.32 Å². The fourth-order valence-corrected chi connectivity index (χ4v) is 4.18. The highest BCUT2D eigenvalue weighted by molar-refractivity contribution is 7.99. The molecule has 3 heteroatoms. The number of hydrogen-bond donors (Lipinski definition) is 1. The summed E-state index contributed by atoms with van der Waals surface area (Å²) in [6.07, 6.45) is 0. The molecule has 2 nitrogen and oxygen atoms in total. The van der Waals surface area contributed by atoms with E-state index in [2.05, 4.69) is 68.0 Å². The lowest BCUT2D eigenvalue weighted by molar-refractivity contribution is 0.216. The van der Waals surface area contributed by atoms with Crippen molar-refractivity contribution in [1.82, 2.24) is 10.2 Å². The molecule has 1 N–H and O–H groups in total. The van der Waals surface area contributed by atoms with Gasteiger partial charge >= 0.3 is 0 Å². The molecule has 19 heavy (non-hydrogen) atoms. The first kappa shape index (κ1) is 14.9. The lowest BCUT2D eigenvalue weighted by atomic mass is 9.94. The van der Waals surface area contributed by atoms with Crippen LogP contribution in [0.5, 0.6) is 0 Å². The second kappa shape index (κ2) is 6.78. The minimum Gasteiger partial charge on any atom is -0.309 e. The second-order valence-corrected chi connectivity index (χ2v) is 6.67. The second-order valence-electron chi connectivity index (χ2n) is 5.52. The van der Waals surface area contributed by atoms with Gasteiger partial charge in [-0.25, -0.2) is 0 Å². The molecule has 2 atom stereocenters. The van der Waals surface area contributed by atoms with E-state index < -0.39 is 0 Å². The SMILES string of the molecule is CCNC(c1ccc(C)cc1C)C1CSCCN1C. The number of nitrogens with one attached hydrogen (secondary N) is 1. The maximum absolute atomic E-state index is 3.70. The molecule has 106 valence electrons. The molecule has 1 aliphatic heterocycles. The molecule has 0 radical (unpaired) electrons. The minimum atomic E-state index is 0.448. The molecule has 2 rings (SSSR count). The molecule has 0 aliphatic carbocycles. The van der Waals surface area contributed by atoms with Gasteiger partial charge in [-0.05, 0) is 38.6 Å². The first-order chi connectivity index (χ1) is 9.13. The monoisotopic (exact) mass is 278 g/mol. The summed E-state index contributed by atoms with van der Waals surface area (Å²) < 4.78 is 0. The standard InChI is InChI=1S/C16H26N2S/c1-5-17-16(15-11-19-9-8-18(15)4)14-7-6-12(2)10-13(14)3/h6-7,10,15-17H,5,8-9,11H2,1-4H3. The van der Waals surface area contributed by atoms with Crippen LogP contribution in [0, 0.1) is 13.8 Å². The summed E-state index contributed by atoms with van der Waals surface area (Å²) in [6.45, 7) is 8.83. The van der Waals surface area contributed by atoms with Crippen LogP contribution >= 0.6 is 11.8 Å². The topological polar surface area (TPSA) is 15.3 Å². The molecule has 2 unspecified atom stereocenters. The maximum Gasteiger partial charge on any atom is 0.0488 e. The molecule has 1 heterocycles. The van der Waals surface area contributed by atoms with Crippen molar-refractivity contribution in [3.8, 4) is 0 Å². The van der Waals surface area contributed by atoms with E-state index in [4.69, 9.17) is 0 Å². The molecule has 0 amide bonds. The molecule has 1 fully saturated rings. The van der Waals surface area contributed by atoms with Gasteiger partial charge in [-0.1, -0.05) is 30.7 Å². The number of likely N-dealkylation sites (N-methyl/N-ethyl adjacent to an activating group) is 2. The Labute approximate surface area is 122 Å². The van der Waals surface area contributed by atoms with E-state index >= 15 is 0 Å². The Morgan fingerprint density at radius 1 is 1.42 bits per heavy atom. The average molecular weight is 278 g/mol. The molecular weight excluding hydrogens is 252 g/mol. The zero-order valence-corrected chi connectivity index (χ0v) is 13.4. The molecule has 0 aromatic heterocycles. The summed E-state index contributed by atoms with van der Waals surface area (Å²) in [5.41, 5.74) is 4.23. The summed E-state index contributed by atoms with van der Waals surface area (Å²) in [7, 11) is 2.26. The third kappa shape index (κ3) is 3.53. The molecule has 0 spiro atoms. The number of benzene rings is 1. The molecule has 1 aromatic rings. The van der Waals surface area contributed by atoms with Crippen LogP contribution in [-0.4, -0.2) is 42.6 Å².